The lowest BCUT2D eigenvalue weighted by Crippen LogP contribution is -2.21. The van der Waals surface area contributed by atoms with Crippen molar-refractivity contribution in [3.8, 4) is 11.3 Å². The molecule has 2 N–H and O–H groups in total. The van der Waals surface area contributed by atoms with E-state index in [1.165, 1.54) is 11.3 Å². The van der Waals surface area contributed by atoms with Gasteiger partial charge in [0, 0.05) is 23.3 Å². The van der Waals surface area contributed by atoms with Gasteiger partial charge in [-0.05, 0) is 37.1 Å². The summed E-state index contributed by atoms with van der Waals surface area (Å²) in [7, 11) is 0. The fourth-order valence-electron chi connectivity index (χ4n) is 2.36. The Hall–Kier alpha value is -2.57. The van der Waals surface area contributed by atoms with Crippen LogP contribution in [0.4, 0.5) is 5.13 Å². The number of thiazole rings is 1. The highest BCUT2D eigenvalue weighted by molar-refractivity contribution is 7.14. The van der Waals surface area contributed by atoms with Crippen LogP contribution in [0.25, 0.3) is 11.3 Å². The topological polar surface area (TPSA) is 75.1 Å². The number of amides is 1. The molecular weight excluding hydrogens is 322 g/mol. The minimum absolute atomic E-state index is 0.455. The largest absolute Gasteiger partial charge is 0.378 e. The number of aromatic nitrogens is 2. The zero-order valence-electron chi connectivity index (χ0n) is 13.4. The first-order valence-electron chi connectivity index (χ1n) is 7.46. The highest BCUT2D eigenvalue weighted by atomic mass is 32.1. The zero-order chi connectivity index (χ0) is 17.1. The number of carbonyl (C=O) groups excluding carboxylic acids is 1. The van der Waals surface area contributed by atoms with Crippen molar-refractivity contribution in [2.24, 2.45) is 0 Å². The average molecular weight is 339 g/mol. The van der Waals surface area contributed by atoms with E-state index in [1.54, 1.807) is 12.4 Å². The zero-order valence-corrected chi connectivity index (χ0v) is 14.2. The third-order valence-electron chi connectivity index (χ3n) is 3.69. The van der Waals surface area contributed by atoms with Crippen LogP contribution in [0.2, 0.25) is 0 Å². The smallest absolute Gasteiger partial charge is 0.259 e. The summed E-state index contributed by atoms with van der Waals surface area (Å²) in [5.41, 5.74) is 4.17. The van der Waals surface area contributed by atoms with Gasteiger partial charge in [-0.25, -0.2) is 4.98 Å². The van der Waals surface area contributed by atoms with Gasteiger partial charge in [0.05, 0.1) is 5.69 Å². The molecule has 3 rings (SSSR count). The van der Waals surface area contributed by atoms with Crippen molar-refractivity contribution in [1.82, 2.24) is 9.97 Å². The van der Waals surface area contributed by atoms with Crippen molar-refractivity contribution in [3.63, 3.8) is 0 Å². The number of rotatable bonds is 4. The number of aryl methyl sites for hydroxylation is 2. The number of nitrogens with one attached hydrogen (secondary N) is 1. The standard InChI is InChI=1S/C18H17N3O2S/c1-11-3-4-12(2)14(9-11)16(22)17(23)21-18-20-15(10-24-18)13-5-7-19-8-6-13/h3-10,16,22H,1-2H3,(H,20,21,23). The van der Waals surface area contributed by atoms with Gasteiger partial charge >= 0.3 is 0 Å². The molecule has 1 aromatic carbocycles. The maximum atomic E-state index is 12.3. The lowest BCUT2D eigenvalue weighted by Gasteiger charge is -2.13. The van der Waals surface area contributed by atoms with Crippen molar-refractivity contribution in [2.45, 2.75) is 20.0 Å². The van der Waals surface area contributed by atoms with E-state index in [4.69, 9.17) is 0 Å². The van der Waals surface area contributed by atoms with Crippen molar-refractivity contribution in [2.75, 3.05) is 5.32 Å². The van der Waals surface area contributed by atoms with Gasteiger partial charge in [-0.1, -0.05) is 23.8 Å². The van der Waals surface area contributed by atoms with Crippen LogP contribution < -0.4 is 5.32 Å². The van der Waals surface area contributed by atoms with Gasteiger partial charge in [0.15, 0.2) is 11.2 Å². The Morgan fingerprint density at radius 2 is 1.96 bits per heavy atom. The second-order valence-electron chi connectivity index (χ2n) is 5.53. The van der Waals surface area contributed by atoms with E-state index in [-0.39, 0.29) is 0 Å². The molecule has 2 heterocycles. The van der Waals surface area contributed by atoms with Gasteiger partial charge in [-0.15, -0.1) is 11.3 Å². The lowest BCUT2D eigenvalue weighted by molar-refractivity contribution is -0.124. The van der Waals surface area contributed by atoms with Crippen LogP contribution >= 0.6 is 11.3 Å². The SMILES string of the molecule is Cc1ccc(C)c(C(O)C(=O)Nc2nc(-c3ccncc3)cs2)c1. The maximum absolute atomic E-state index is 12.3. The molecule has 0 aliphatic rings. The van der Waals surface area contributed by atoms with Gasteiger partial charge in [-0.2, -0.15) is 0 Å². The van der Waals surface area contributed by atoms with Gasteiger partial charge < -0.3 is 5.11 Å². The Morgan fingerprint density at radius 1 is 1.21 bits per heavy atom. The number of nitrogens with zero attached hydrogens (tertiary/aromatic N) is 2. The Balaban J connectivity index is 1.75. The number of aliphatic hydroxyl groups is 1. The van der Waals surface area contributed by atoms with Crippen LogP contribution in [-0.4, -0.2) is 21.0 Å². The summed E-state index contributed by atoms with van der Waals surface area (Å²) in [5, 5.41) is 15.3. The van der Waals surface area contributed by atoms with Crippen molar-refractivity contribution < 1.29 is 9.90 Å². The van der Waals surface area contributed by atoms with Crippen molar-refractivity contribution in [1.29, 1.82) is 0 Å². The molecule has 2 aromatic heterocycles. The Labute approximate surface area is 144 Å². The first kappa shape index (κ1) is 16.3. The molecule has 1 amide bonds. The second-order valence-corrected chi connectivity index (χ2v) is 6.38. The molecule has 1 atom stereocenters. The third-order valence-corrected chi connectivity index (χ3v) is 4.45. The number of anilines is 1. The summed E-state index contributed by atoms with van der Waals surface area (Å²) in [6, 6.07) is 9.37. The number of aliphatic hydroxyl groups excluding tert-OH is 1. The Kier molecular flexibility index (Phi) is 4.69. The fraction of sp³-hybridized carbons (Fsp3) is 0.167. The van der Waals surface area contributed by atoms with E-state index in [0.717, 1.165) is 22.4 Å². The van der Waals surface area contributed by atoms with Crippen molar-refractivity contribution >= 4 is 22.4 Å². The van der Waals surface area contributed by atoms with E-state index < -0.39 is 12.0 Å². The first-order valence-corrected chi connectivity index (χ1v) is 8.34. The molecule has 122 valence electrons. The lowest BCUT2D eigenvalue weighted by atomic mass is 10.0. The van der Waals surface area contributed by atoms with Crippen LogP contribution in [0.5, 0.6) is 0 Å². The van der Waals surface area contributed by atoms with Gasteiger partial charge in [0.2, 0.25) is 0 Å². The number of pyridine rings is 1. The van der Waals surface area contributed by atoms with Gasteiger partial charge in [-0.3, -0.25) is 15.1 Å². The highest BCUT2D eigenvalue weighted by Crippen LogP contribution is 2.26. The molecule has 0 saturated carbocycles. The predicted molar refractivity (Wildman–Crippen MR) is 94.9 cm³/mol. The average Bonchev–Trinajstić information content (AvgIpc) is 3.05. The quantitative estimate of drug-likeness (QED) is 0.763. The molecule has 0 bridgehead atoms. The van der Waals surface area contributed by atoms with Crippen LogP contribution in [0.15, 0.2) is 48.1 Å². The molecular formula is C18H17N3O2S. The Bertz CT molecular complexity index is 862. The van der Waals surface area contributed by atoms with Gasteiger partial charge in [0.1, 0.15) is 0 Å². The monoisotopic (exact) mass is 339 g/mol. The van der Waals surface area contributed by atoms with E-state index in [9.17, 15) is 9.90 Å². The summed E-state index contributed by atoms with van der Waals surface area (Å²) < 4.78 is 0. The molecule has 3 aromatic rings. The van der Waals surface area contributed by atoms with Crippen LogP contribution in [0.3, 0.4) is 0 Å². The molecule has 0 aliphatic heterocycles. The van der Waals surface area contributed by atoms with Crippen LogP contribution in [-0.2, 0) is 4.79 Å². The van der Waals surface area contributed by atoms with E-state index in [1.807, 2.05) is 49.6 Å². The van der Waals surface area contributed by atoms with E-state index in [2.05, 4.69) is 15.3 Å². The van der Waals surface area contributed by atoms with Crippen LogP contribution in [0, 0.1) is 13.8 Å². The molecule has 0 spiro atoms. The third kappa shape index (κ3) is 3.50. The highest BCUT2D eigenvalue weighted by Gasteiger charge is 2.20. The molecule has 6 heteroatoms. The molecule has 5 nitrogen and oxygen atoms in total. The maximum Gasteiger partial charge on any atom is 0.259 e. The molecule has 24 heavy (non-hydrogen) atoms. The minimum Gasteiger partial charge on any atom is -0.378 e. The molecule has 0 radical (unpaired) electrons. The predicted octanol–water partition coefficient (Wildman–Crippen LogP) is 3.49. The van der Waals surface area contributed by atoms with E-state index >= 15 is 0 Å². The number of hydrogen-bond acceptors (Lipinski definition) is 5. The molecule has 0 fully saturated rings. The van der Waals surface area contributed by atoms with E-state index in [0.29, 0.717) is 10.7 Å². The molecule has 1 unspecified atom stereocenters. The summed E-state index contributed by atoms with van der Waals surface area (Å²) >= 11 is 1.32. The fourth-order valence-corrected chi connectivity index (χ4v) is 3.08. The normalized spacial score (nSPS) is 12.0. The summed E-state index contributed by atoms with van der Waals surface area (Å²) in [5.74, 6) is -0.487. The summed E-state index contributed by atoms with van der Waals surface area (Å²) in [6.45, 7) is 3.80. The summed E-state index contributed by atoms with van der Waals surface area (Å²) in [6.07, 6.45) is 2.16. The minimum atomic E-state index is -1.22. The van der Waals surface area contributed by atoms with Crippen LogP contribution in [0.1, 0.15) is 22.8 Å². The molecule has 0 aliphatic carbocycles. The second kappa shape index (κ2) is 6.90. The molecule has 0 saturated heterocycles. The number of hydrogen-bond donors (Lipinski definition) is 2. The first-order chi connectivity index (χ1) is 11.5. The van der Waals surface area contributed by atoms with Crippen molar-refractivity contribution in [3.05, 3.63) is 64.8 Å². The summed E-state index contributed by atoms with van der Waals surface area (Å²) in [4.78, 5) is 20.7. The number of benzene rings is 1. The van der Waals surface area contributed by atoms with Gasteiger partial charge in [0.25, 0.3) is 5.91 Å². The Morgan fingerprint density at radius 3 is 2.71 bits per heavy atom. The number of carbonyl (C=O) groups is 1.